The van der Waals surface area contributed by atoms with E-state index in [9.17, 15) is 4.39 Å². The molecule has 3 nitrogen and oxygen atoms in total. The number of nitrogens with zero attached hydrogens (tertiary/aromatic N) is 3. The van der Waals surface area contributed by atoms with E-state index in [-0.39, 0.29) is 5.82 Å². The number of halogens is 1. The van der Waals surface area contributed by atoms with Crippen molar-refractivity contribution in [1.29, 1.82) is 0 Å². The fourth-order valence-corrected chi connectivity index (χ4v) is 3.46. The minimum absolute atomic E-state index is 0.267. The monoisotopic (exact) mass is 367 g/mol. The minimum Gasteiger partial charge on any atom is -0.228 e. The van der Waals surface area contributed by atoms with E-state index in [0.29, 0.717) is 0 Å². The van der Waals surface area contributed by atoms with Crippen molar-refractivity contribution in [2.24, 2.45) is 0 Å². The van der Waals surface area contributed by atoms with Crippen molar-refractivity contribution in [1.82, 2.24) is 14.8 Å². The molecule has 2 aromatic heterocycles. The van der Waals surface area contributed by atoms with E-state index in [1.165, 1.54) is 23.3 Å². The lowest BCUT2D eigenvalue weighted by atomic mass is 10.1. The largest absolute Gasteiger partial charge is 0.228 e. The van der Waals surface area contributed by atoms with Gasteiger partial charge in [-0.3, -0.25) is 0 Å². The summed E-state index contributed by atoms with van der Waals surface area (Å²) in [6.45, 7) is 4.12. The molecule has 0 atom stereocenters. The van der Waals surface area contributed by atoms with Gasteiger partial charge in [0.1, 0.15) is 11.5 Å². The Morgan fingerprint density at radius 3 is 2.18 bits per heavy atom. The first-order valence-corrected chi connectivity index (χ1v) is 9.22. The molecule has 0 aliphatic rings. The molecule has 0 N–H and O–H groups in total. The molecular weight excluding hydrogens is 349 g/mol. The summed E-state index contributed by atoms with van der Waals surface area (Å²) in [7, 11) is 0. The fourth-order valence-electron chi connectivity index (χ4n) is 3.46. The van der Waals surface area contributed by atoms with Gasteiger partial charge in [0, 0.05) is 16.3 Å². The summed E-state index contributed by atoms with van der Waals surface area (Å²) in [6, 6.07) is 23.1. The molecule has 0 amide bonds. The summed E-state index contributed by atoms with van der Waals surface area (Å²) >= 11 is 0. The van der Waals surface area contributed by atoms with Crippen LogP contribution >= 0.6 is 0 Å². The average molecular weight is 367 g/mol. The van der Waals surface area contributed by atoms with Gasteiger partial charge >= 0.3 is 0 Å². The zero-order valence-electron chi connectivity index (χ0n) is 15.6. The number of aryl methyl sites for hydroxylation is 2. The Balaban J connectivity index is 1.85. The summed E-state index contributed by atoms with van der Waals surface area (Å²) in [5, 5.41) is 6.57. The Labute approximate surface area is 162 Å². The Hall–Kier alpha value is -3.53. The summed E-state index contributed by atoms with van der Waals surface area (Å²) in [5.74, 6) is -0.267. The highest BCUT2D eigenvalue weighted by molar-refractivity contribution is 5.99. The number of benzene rings is 3. The number of hydrogen-bond acceptors (Lipinski definition) is 2. The molecule has 0 aliphatic carbocycles. The third kappa shape index (κ3) is 2.74. The summed E-state index contributed by atoms with van der Waals surface area (Å²) < 4.78 is 15.6. The Morgan fingerprint density at radius 2 is 1.46 bits per heavy atom. The van der Waals surface area contributed by atoms with Crippen molar-refractivity contribution in [3.63, 3.8) is 0 Å². The molecule has 5 aromatic rings. The van der Waals surface area contributed by atoms with Crippen LogP contribution in [0.5, 0.6) is 0 Å². The van der Waals surface area contributed by atoms with Crippen molar-refractivity contribution in [3.05, 3.63) is 89.7 Å². The molecule has 0 unspecified atom stereocenters. The lowest BCUT2D eigenvalue weighted by Crippen LogP contribution is -1.98. The molecule has 3 aromatic carbocycles. The molecule has 0 radical (unpaired) electrons. The highest BCUT2D eigenvalue weighted by Gasteiger charge is 2.16. The first kappa shape index (κ1) is 16.6. The predicted octanol–water partition coefficient (Wildman–Crippen LogP) is 6.00. The number of rotatable bonds is 2. The highest BCUT2D eigenvalue weighted by Crippen LogP contribution is 2.31. The predicted molar refractivity (Wildman–Crippen MR) is 111 cm³/mol. The highest BCUT2D eigenvalue weighted by atomic mass is 19.1. The molecule has 0 aliphatic heterocycles. The molecule has 0 saturated carbocycles. The Bertz CT molecular complexity index is 1320. The zero-order chi connectivity index (χ0) is 19.3. The van der Waals surface area contributed by atoms with Gasteiger partial charge in [-0.15, -0.1) is 0 Å². The van der Waals surface area contributed by atoms with Crippen LogP contribution in [0.25, 0.3) is 38.9 Å². The van der Waals surface area contributed by atoms with Crippen LogP contribution in [-0.2, 0) is 0 Å². The van der Waals surface area contributed by atoms with Gasteiger partial charge in [-0.1, -0.05) is 47.5 Å². The normalized spacial score (nSPS) is 11.4. The van der Waals surface area contributed by atoms with Gasteiger partial charge in [0.2, 0.25) is 0 Å². The van der Waals surface area contributed by atoms with E-state index < -0.39 is 0 Å². The van der Waals surface area contributed by atoms with Crippen LogP contribution in [0.2, 0.25) is 0 Å². The second kappa shape index (κ2) is 6.27. The third-order valence-corrected chi connectivity index (χ3v) is 5.02. The molecule has 0 bridgehead atoms. The van der Waals surface area contributed by atoms with Crippen molar-refractivity contribution in [3.8, 4) is 16.9 Å². The lowest BCUT2D eigenvalue weighted by molar-refractivity contribution is 0.629. The molecule has 5 rings (SSSR count). The third-order valence-electron chi connectivity index (χ3n) is 5.02. The number of hydrogen-bond donors (Lipinski definition) is 0. The van der Waals surface area contributed by atoms with Crippen molar-refractivity contribution in [2.75, 3.05) is 0 Å². The van der Waals surface area contributed by atoms with E-state index in [2.05, 4.69) is 50.2 Å². The molecule has 0 saturated heterocycles. The first-order chi connectivity index (χ1) is 13.6. The van der Waals surface area contributed by atoms with E-state index in [0.717, 1.165) is 38.9 Å². The van der Waals surface area contributed by atoms with E-state index in [1.54, 1.807) is 6.07 Å². The van der Waals surface area contributed by atoms with Gasteiger partial charge in [-0.05, 0) is 50.2 Å². The van der Waals surface area contributed by atoms with Crippen molar-refractivity contribution in [2.45, 2.75) is 13.8 Å². The second-order valence-corrected chi connectivity index (χ2v) is 7.16. The maximum absolute atomic E-state index is 13.8. The molecule has 0 fully saturated rings. The summed E-state index contributed by atoms with van der Waals surface area (Å²) in [5.41, 5.74) is 6.69. The SMILES string of the molecule is Cc1ccc(-c2nn(-c3ccc(C)cc3)c3nc4ccc(F)cc4cc23)cc1. The average Bonchev–Trinajstić information content (AvgIpc) is 3.06. The van der Waals surface area contributed by atoms with Gasteiger partial charge in [0.25, 0.3) is 0 Å². The minimum atomic E-state index is -0.267. The van der Waals surface area contributed by atoms with Gasteiger partial charge in [0.15, 0.2) is 5.65 Å². The Kier molecular flexibility index (Phi) is 3.72. The zero-order valence-corrected chi connectivity index (χ0v) is 15.6. The van der Waals surface area contributed by atoms with Gasteiger partial charge in [-0.2, -0.15) is 5.10 Å². The maximum Gasteiger partial charge on any atom is 0.164 e. The topological polar surface area (TPSA) is 30.7 Å². The van der Waals surface area contributed by atoms with Crippen LogP contribution in [0.15, 0.2) is 72.8 Å². The van der Waals surface area contributed by atoms with Crippen LogP contribution in [0.1, 0.15) is 11.1 Å². The molecule has 2 heterocycles. The second-order valence-electron chi connectivity index (χ2n) is 7.16. The van der Waals surface area contributed by atoms with E-state index in [1.807, 2.05) is 22.9 Å². The maximum atomic E-state index is 13.8. The van der Waals surface area contributed by atoms with Crippen LogP contribution in [0.3, 0.4) is 0 Å². The molecular formula is C24H18FN3. The van der Waals surface area contributed by atoms with Crippen molar-refractivity contribution < 1.29 is 4.39 Å². The Morgan fingerprint density at radius 1 is 0.786 bits per heavy atom. The van der Waals surface area contributed by atoms with Gasteiger partial charge < -0.3 is 0 Å². The standard InChI is InChI=1S/C24H18FN3/c1-15-3-7-17(8-4-15)23-21-14-18-13-19(25)9-12-22(18)26-24(21)28(27-23)20-10-5-16(2)6-11-20/h3-14H,1-2H3. The van der Waals surface area contributed by atoms with Crippen LogP contribution in [0, 0.1) is 19.7 Å². The molecule has 136 valence electrons. The van der Waals surface area contributed by atoms with Crippen LogP contribution in [0.4, 0.5) is 4.39 Å². The van der Waals surface area contributed by atoms with Crippen LogP contribution in [-0.4, -0.2) is 14.8 Å². The van der Waals surface area contributed by atoms with Gasteiger partial charge in [-0.25, -0.2) is 14.1 Å². The quantitative estimate of drug-likeness (QED) is 0.383. The van der Waals surface area contributed by atoms with Crippen LogP contribution < -0.4 is 0 Å². The number of fused-ring (bicyclic) bond motifs is 2. The smallest absolute Gasteiger partial charge is 0.164 e. The summed E-state index contributed by atoms with van der Waals surface area (Å²) in [4.78, 5) is 4.82. The van der Waals surface area contributed by atoms with Crippen molar-refractivity contribution >= 4 is 21.9 Å². The molecule has 4 heteroatoms. The van der Waals surface area contributed by atoms with E-state index in [4.69, 9.17) is 10.1 Å². The number of pyridine rings is 1. The van der Waals surface area contributed by atoms with Gasteiger partial charge in [0.05, 0.1) is 11.2 Å². The molecule has 28 heavy (non-hydrogen) atoms. The van der Waals surface area contributed by atoms with E-state index >= 15 is 0 Å². The first-order valence-electron chi connectivity index (χ1n) is 9.22. The summed E-state index contributed by atoms with van der Waals surface area (Å²) in [6.07, 6.45) is 0. The fraction of sp³-hybridized carbons (Fsp3) is 0.0833. The lowest BCUT2D eigenvalue weighted by Gasteiger charge is -2.04. The number of aromatic nitrogens is 3. The molecule has 0 spiro atoms.